The van der Waals surface area contributed by atoms with Crippen molar-refractivity contribution < 1.29 is 14.3 Å². The summed E-state index contributed by atoms with van der Waals surface area (Å²) in [6.07, 6.45) is 0. The van der Waals surface area contributed by atoms with Gasteiger partial charge in [0, 0.05) is 12.7 Å². The second-order valence-electron chi connectivity index (χ2n) is 5.26. The van der Waals surface area contributed by atoms with Gasteiger partial charge in [0.05, 0.1) is 0 Å². The fourth-order valence-corrected chi connectivity index (χ4v) is 1.49. The number of hydrogen-bond acceptors (Lipinski definition) is 3. The summed E-state index contributed by atoms with van der Waals surface area (Å²) < 4.78 is 4.63. The highest BCUT2D eigenvalue weighted by molar-refractivity contribution is 5.95. The molecule has 1 rings (SSSR count). The summed E-state index contributed by atoms with van der Waals surface area (Å²) >= 11 is 0. The number of benzene rings is 1. The fraction of sp³-hybridized carbons (Fsp3) is 0.429. The quantitative estimate of drug-likeness (QED) is 0.811. The molecule has 2 N–H and O–H groups in total. The molecule has 0 aliphatic rings. The van der Waals surface area contributed by atoms with Gasteiger partial charge in [-0.3, -0.25) is 20.4 Å². The number of nitrogens with one attached hydrogen (secondary N) is 2. The predicted octanol–water partition coefficient (Wildman–Crippen LogP) is 1.39. The van der Waals surface area contributed by atoms with Crippen LogP contribution >= 0.6 is 0 Å². The molecule has 2 amide bonds. The van der Waals surface area contributed by atoms with E-state index in [1.54, 1.807) is 12.1 Å². The Balaban J connectivity index is 2.61. The molecule has 0 heterocycles. The minimum absolute atomic E-state index is 0.0433. The summed E-state index contributed by atoms with van der Waals surface area (Å²) in [6, 6.07) is 7.29. The molecule has 0 unspecified atom stereocenters. The summed E-state index contributed by atoms with van der Waals surface area (Å²) in [5, 5.41) is 0. The minimum Gasteiger partial charge on any atom is -0.375 e. The zero-order valence-corrected chi connectivity index (χ0v) is 11.7. The van der Waals surface area contributed by atoms with Crippen LogP contribution in [0.25, 0.3) is 0 Å². The van der Waals surface area contributed by atoms with Crippen molar-refractivity contribution in [2.75, 3.05) is 13.7 Å². The van der Waals surface area contributed by atoms with Gasteiger partial charge in [0.2, 0.25) is 0 Å². The van der Waals surface area contributed by atoms with Crippen LogP contribution in [0.4, 0.5) is 0 Å². The Kier molecular flexibility index (Phi) is 5.06. The second kappa shape index (κ2) is 6.33. The first-order chi connectivity index (χ1) is 8.84. The van der Waals surface area contributed by atoms with Gasteiger partial charge in [0.15, 0.2) is 0 Å². The molecule has 5 heteroatoms. The Labute approximate surface area is 113 Å². The van der Waals surface area contributed by atoms with Gasteiger partial charge in [-0.05, 0) is 23.1 Å². The third-order valence-electron chi connectivity index (χ3n) is 2.60. The summed E-state index contributed by atoms with van der Waals surface area (Å²) in [7, 11) is 1.41. The van der Waals surface area contributed by atoms with E-state index in [9.17, 15) is 9.59 Å². The molecule has 5 nitrogen and oxygen atoms in total. The molecule has 104 valence electrons. The van der Waals surface area contributed by atoms with Crippen LogP contribution in [0.1, 0.15) is 36.7 Å². The lowest BCUT2D eigenvalue weighted by Crippen LogP contribution is -2.43. The van der Waals surface area contributed by atoms with Crippen LogP contribution in [0, 0.1) is 0 Å². The Morgan fingerprint density at radius 3 is 2.16 bits per heavy atom. The first kappa shape index (κ1) is 15.2. The van der Waals surface area contributed by atoms with E-state index in [1.807, 2.05) is 12.1 Å². The molecule has 0 aliphatic carbocycles. The van der Waals surface area contributed by atoms with Crippen molar-refractivity contribution in [3.05, 3.63) is 35.4 Å². The van der Waals surface area contributed by atoms with Crippen molar-refractivity contribution in [2.24, 2.45) is 0 Å². The van der Waals surface area contributed by atoms with Crippen LogP contribution in [0.2, 0.25) is 0 Å². The van der Waals surface area contributed by atoms with Gasteiger partial charge in [-0.2, -0.15) is 0 Å². The molecule has 0 fully saturated rings. The topological polar surface area (TPSA) is 67.4 Å². The Morgan fingerprint density at radius 2 is 1.68 bits per heavy atom. The van der Waals surface area contributed by atoms with Crippen LogP contribution in [-0.2, 0) is 14.9 Å². The highest BCUT2D eigenvalue weighted by Gasteiger charge is 2.14. The van der Waals surface area contributed by atoms with Crippen LogP contribution in [0.5, 0.6) is 0 Å². The molecule has 0 radical (unpaired) electrons. The summed E-state index contributed by atoms with van der Waals surface area (Å²) in [5.74, 6) is -0.757. The van der Waals surface area contributed by atoms with Gasteiger partial charge in [0.1, 0.15) is 6.61 Å². The lowest BCUT2D eigenvalue weighted by atomic mass is 9.87. The molecular weight excluding hydrogens is 244 g/mol. The van der Waals surface area contributed by atoms with E-state index in [0.717, 1.165) is 5.56 Å². The van der Waals surface area contributed by atoms with E-state index in [0.29, 0.717) is 5.56 Å². The van der Waals surface area contributed by atoms with Crippen molar-refractivity contribution in [2.45, 2.75) is 26.2 Å². The largest absolute Gasteiger partial charge is 0.375 e. The predicted molar refractivity (Wildman–Crippen MR) is 72.6 cm³/mol. The average molecular weight is 264 g/mol. The Hall–Kier alpha value is -1.88. The van der Waals surface area contributed by atoms with Crippen molar-refractivity contribution in [3.63, 3.8) is 0 Å². The van der Waals surface area contributed by atoms with E-state index in [-0.39, 0.29) is 17.9 Å². The maximum atomic E-state index is 11.7. The van der Waals surface area contributed by atoms with Crippen LogP contribution in [0.15, 0.2) is 24.3 Å². The van der Waals surface area contributed by atoms with Crippen molar-refractivity contribution in [1.82, 2.24) is 10.9 Å². The maximum absolute atomic E-state index is 11.7. The van der Waals surface area contributed by atoms with Crippen molar-refractivity contribution >= 4 is 11.8 Å². The highest BCUT2D eigenvalue weighted by Crippen LogP contribution is 2.21. The van der Waals surface area contributed by atoms with Gasteiger partial charge in [-0.25, -0.2) is 0 Å². The highest BCUT2D eigenvalue weighted by atomic mass is 16.5. The third kappa shape index (κ3) is 4.71. The average Bonchev–Trinajstić information content (AvgIpc) is 2.35. The zero-order chi connectivity index (χ0) is 14.5. The van der Waals surface area contributed by atoms with Crippen LogP contribution < -0.4 is 10.9 Å². The van der Waals surface area contributed by atoms with Crippen molar-refractivity contribution in [1.29, 1.82) is 0 Å². The number of carbonyl (C=O) groups excluding carboxylic acids is 2. The van der Waals surface area contributed by atoms with E-state index in [4.69, 9.17) is 0 Å². The summed E-state index contributed by atoms with van der Waals surface area (Å²) in [6.45, 7) is 6.22. The molecule has 0 aromatic heterocycles. The Bertz CT molecular complexity index is 447. The summed E-state index contributed by atoms with van der Waals surface area (Å²) in [5.41, 5.74) is 6.27. The second-order valence-corrected chi connectivity index (χ2v) is 5.26. The smallest absolute Gasteiger partial charge is 0.269 e. The first-order valence-electron chi connectivity index (χ1n) is 6.03. The lowest BCUT2D eigenvalue weighted by molar-refractivity contribution is -0.125. The minimum atomic E-state index is -0.401. The number of amides is 2. The maximum Gasteiger partial charge on any atom is 0.269 e. The molecule has 0 spiro atoms. The molecule has 0 saturated heterocycles. The molecule has 0 aliphatic heterocycles. The van der Waals surface area contributed by atoms with Gasteiger partial charge >= 0.3 is 0 Å². The standard InChI is InChI=1S/C14H20N2O3/c1-14(2,3)11-7-5-10(6-8-11)13(18)16-15-12(17)9-19-4/h5-8H,9H2,1-4H3,(H,15,17)(H,16,18). The molecule has 0 bridgehead atoms. The van der Waals surface area contributed by atoms with E-state index in [2.05, 4.69) is 36.4 Å². The number of rotatable bonds is 3. The van der Waals surface area contributed by atoms with Gasteiger partial charge in [-0.1, -0.05) is 32.9 Å². The molecule has 1 aromatic carbocycles. The molecule has 19 heavy (non-hydrogen) atoms. The van der Waals surface area contributed by atoms with E-state index < -0.39 is 5.91 Å². The van der Waals surface area contributed by atoms with E-state index >= 15 is 0 Å². The van der Waals surface area contributed by atoms with Gasteiger partial charge in [-0.15, -0.1) is 0 Å². The lowest BCUT2D eigenvalue weighted by Gasteiger charge is -2.19. The molecule has 0 saturated carbocycles. The van der Waals surface area contributed by atoms with E-state index in [1.165, 1.54) is 7.11 Å². The van der Waals surface area contributed by atoms with Crippen LogP contribution in [0.3, 0.4) is 0 Å². The number of methoxy groups -OCH3 is 1. The van der Waals surface area contributed by atoms with Crippen molar-refractivity contribution in [3.8, 4) is 0 Å². The van der Waals surface area contributed by atoms with Crippen LogP contribution in [-0.4, -0.2) is 25.5 Å². The molecule has 1 aromatic rings. The third-order valence-corrected chi connectivity index (χ3v) is 2.60. The number of ether oxygens (including phenoxy) is 1. The van der Waals surface area contributed by atoms with Gasteiger partial charge < -0.3 is 4.74 Å². The normalized spacial score (nSPS) is 10.9. The zero-order valence-electron chi connectivity index (χ0n) is 11.7. The van der Waals surface area contributed by atoms with Gasteiger partial charge in [0.25, 0.3) is 11.8 Å². The number of hydrazine groups is 1. The first-order valence-corrected chi connectivity index (χ1v) is 6.03. The monoisotopic (exact) mass is 264 g/mol. The SMILES string of the molecule is COCC(=O)NNC(=O)c1ccc(C(C)(C)C)cc1. The molecule has 0 atom stereocenters. The fourth-order valence-electron chi connectivity index (χ4n) is 1.49. The Morgan fingerprint density at radius 1 is 1.11 bits per heavy atom. The summed E-state index contributed by atoms with van der Waals surface area (Å²) in [4.78, 5) is 22.9. The number of carbonyl (C=O) groups is 2. The number of hydrogen-bond donors (Lipinski definition) is 2. The molecular formula is C14H20N2O3.